The molecule has 0 saturated heterocycles. The average molecular weight is 405 g/mol. The van der Waals surface area contributed by atoms with E-state index >= 15 is 0 Å². The summed E-state index contributed by atoms with van der Waals surface area (Å²) in [6.45, 7) is 0. The minimum atomic E-state index is -0.798. The van der Waals surface area contributed by atoms with E-state index in [1.54, 1.807) is 0 Å². The fourth-order valence-electron chi connectivity index (χ4n) is 2.41. The van der Waals surface area contributed by atoms with E-state index in [0.717, 1.165) is 6.42 Å². The predicted octanol–water partition coefficient (Wildman–Crippen LogP) is 3.70. The molecule has 0 aliphatic heterocycles. The first kappa shape index (κ1) is 11.0. The van der Waals surface area contributed by atoms with Crippen LogP contribution in [0.5, 0.6) is 0 Å². The summed E-state index contributed by atoms with van der Waals surface area (Å²) in [5, 5.41) is 0. The van der Waals surface area contributed by atoms with Gasteiger partial charge in [0, 0.05) is 0 Å². The van der Waals surface area contributed by atoms with Crippen molar-refractivity contribution in [1.29, 1.82) is 0 Å². The van der Waals surface area contributed by atoms with E-state index < -0.39 is 24.6 Å². The van der Waals surface area contributed by atoms with Gasteiger partial charge in [0.2, 0.25) is 0 Å². The third-order valence-electron chi connectivity index (χ3n) is 3.20. The Morgan fingerprint density at radius 1 is 1.00 bits per heavy atom. The van der Waals surface area contributed by atoms with E-state index in [2.05, 4.69) is 56.2 Å². The van der Waals surface area contributed by atoms with Crippen molar-refractivity contribution in [3.8, 4) is 20.5 Å². The third-order valence-corrected chi connectivity index (χ3v) is 5.26. The summed E-state index contributed by atoms with van der Waals surface area (Å²) in [4.78, 5) is 0. The maximum absolute atomic E-state index is 3.35. The van der Waals surface area contributed by atoms with Crippen molar-refractivity contribution in [2.24, 2.45) is 0 Å². The van der Waals surface area contributed by atoms with Gasteiger partial charge in [-0.05, 0) is 0 Å². The van der Waals surface area contributed by atoms with Crippen molar-refractivity contribution < 1.29 is 24.6 Å². The number of rotatable bonds is 0. The number of hydrogen-bond donors (Lipinski definition) is 0. The first-order valence-electron chi connectivity index (χ1n) is 6.08. The van der Waals surface area contributed by atoms with Crippen molar-refractivity contribution >= 4 is 0 Å². The summed E-state index contributed by atoms with van der Waals surface area (Å²) in [7, 11) is 0. The molecule has 1 heteroatoms. The van der Waals surface area contributed by atoms with E-state index in [1.807, 2.05) is 0 Å². The van der Waals surface area contributed by atoms with Crippen LogP contribution in [-0.2, 0) is 31.0 Å². The second-order valence-corrected chi connectivity index (χ2v) is 8.48. The SMILES string of the molecule is [CH3][Hg][C]#Cc1ccc2c(c1)Cc1ccccc1-2. The molecule has 0 nitrogen and oxygen atoms in total. The molecule has 0 saturated carbocycles. The fraction of sp³-hybridized carbons (Fsp3) is 0.125. The Bertz CT molecular complexity index is 629. The van der Waals surface area contributed by atoms with Crippen molar-refractivity contribution in [2.75, 3.05) is 0 Å². The van der Waals surface area contributed by atoms with Gasteiger partial charge in [-0.15, -0.1) is 0 Å². The van der Waals surface area contributed by atoms with Gasteiger partial charge in [-0.1, -0.05) is 0 Å². The molecule has 0 fully saturated rings. The number of fused-ring (bicyclic) bond motifs is 3. The molecule has 0 spiro atoms. The number of hydrogen-bond acceptors (Lipinski definition) is 0. The van der Waals surface area contributed by atoms with Crippen LogP contribution in [0.2, 0.25) is 4.43 Å². The summed E-state index contributed by atoms with van der Waals surface area (Å²) >= 11 is -0.798. The van der Waals surface area contributed by atoms with Gasteiger partial charge in [-0.3, -0.25) is 0 Å². The molecule has 1 aliphatic rings. The molecular weight excluding hydrogens is 393 g/mol. The van der Waals surface area contributed by atoms with E-state index in [4.69, 9.17) is 0 Å². The fourth-order valence-corrected chi connectivity index (χ4v) is 3.89. The van der Waals surface area contributed by atoms with Gasteiger partial charge in [0.15, 0.2) is 0 Å². The van der Waals surface area contributed by atoms with Crippen LogP contribution in [0.25, 0.3) is 11.1 Å². The molecule has 0 aromatic heterocycles. The van der Waals surface area contributed by atoms with Crippen LogP contribution in [0.1, 0.15) is 16.7 Å². The van der Waals surface area contributed by atoms with Gasteiger partial charge in [0.05, 0.1) is 0 Å². The predicted molar refractivity (Wildman–Crippen MR) is 67.4 cm³/mol. The van der Waals surface area contributed by atoms with E-state index in [1.165, 1.54) is 27.8 Å². The Kier molecular flexibility index (Phi) is 3.03. The quantitative estimate of drug-likeness (QED) is 0.396. The molecule has 78 valence electrons. The molecule has 0 unspecified atom stereocenters. The van der Waals surface area contributed by atoms with E-state index in [0.29, 0.717) is 0 Å². The molecule has 0 amide bonds. The summed E-state index contributed by atoms with van der Waals surface area (Å²) in [5.74, 6) is 3.30. The van der Waals surface area contributed by atoms with Crippen molar-refractivity contribution in [3.05, 3.63) is 59.2 Å². The van der Waals surface area contributed by atoms with Crippen LogP contribution in [0.4, 0.5) is 0 Å². The Morgan fingerprint density at radius 3 is 2.71 bits per heavy atom. The summed E-state index contributed by atoms with van der Waals surface area (Å²) in [6.07, 6.45) is 1.07. The zero-order valence-electron chi connectivity index (χ0n) is 9.96. The van der Waals surface area contributed by atoms with Crippen molar-refractivity contribution in [2.45, 2.75) is 10.9 Å². The normalized spacial score (nSPS) is 10.9. The van der Waals surface area contributed by atoms with Gasteiger partial charge in [0.25, 0.3) is 0 Å². The standard InChI is InChI=1S/C15H9.CH3.Hg/c1-2-11-7-8-15-13(9-11)10-12-5-3-4-6-14(12)15;;/h3-9H,10H2;1H3;. The van der Waals surface area contributed by atoms with Gasteiger partial charge in [-0.2, -0.15) is 0 Å². The second-order valence-electron chi connectivity index (χ2n) is 4.36. The Morgan fingerprint density at radius 2 is 1.82 bits per heavy atom. The molecule has 0 radical (unpaired) electrons. The zero-order chi connectivity index (χ0) is 11.7. The van der Waals surface area contributed by atoms with Gasteiger partial charge in [0.1, 0.15) is 0 Å². The van der Waals surface area contributed by atoms with Crippen LogP contribution in [0, 0.1) is 9.35 Å². The molecule has 0 heterocycles. The van der Waals surface area contributed by atoms with Crippen LogP contribution in [-0.4, -0.2) is 0 Å². The Balaban J connectivity index is 2.07. The molecule has 0 bridgehead atoms. The first-order valence-corrected chi connectivity index (χ1v) is 14.3. The van der Waals surface area contributed by atoms with Gasteiger partial charge < -0.3 is 0 Å². The maximum atomic E-state index is 3.35. The van der Waals surface area contributed by atoms with Crippen LogP contribution < -0.4 is 0 Å². The first-order chi connectivity index (χ1) is 8.38. The van der Waals surface area contributed by atoms with Gasteiger partial charge >= 0.3 is 115 Å². The molecule has 2 aromatic rings. The van der Waals surface area contributed by atoms with Crippen molar-refractivity contribution in [1.82, 2.24) is 0 Å². The summed E-state index contributed by atoms with van der Waals surface area (Å²) in [6, 6.07) is 15.4. The summed E-state index contributed by atoms with van der Waals surface area (Å²) in [5.41, 5.74) is 6.87. The molecule has 1 aliphatic carbocycles. The molecular formula is C16H12Hg. The number of benzene rings is 2. The Hall–Kier alpha value is -1.06. The van der Waals surface area contributed by atoms with Crippen LogP contribution in [0.3, 0.4) is 0 Å². The van der Waals surface area contributed by atoms with Crippen LogP contribution >= 0.6 is 0 Å². The molecule has 0 atom stereocenters. The van der Waals surface area contributed by atoms with E-state index in [-0.39, 0.29) is 0 Å². The molecule has 0 N–H and O–H groups in total. The van der Waals surface area contributed by atoms with Crippen LogP contribution in [0.15, 0.2) is 42.5 Å². The Labute approximate surface area is 114 Å². The second kappa shape index (κ2) is 4.66. The molecule has 3 rings (SSSR count). The minimum absolute atomic E-state index is 0.798. The van der Waals surface area contributed by atoms with E-state index in [9.17, 15) is 0 Å². The molecule has 17 heavy (non-hydrogen) atoms. The molecule has 2 aromatic carbocycles. The third kappa shape index (κ3) is 2.05. The average Bonchev–Trinajstić information content (AvgIpc) is 2.74. The summed E-state index contributed by atoms with van der Waals surface area (Å²) < 4.78 is 5.65. The van der Waals surface area contributed by atoms with Crippen molar-refractivity contribution in [3.63, 3.8) is 0 Å². The monoisotopic (exact) mass is 406 g/mol. The van der Waals surface area contributed by atoms with Gasteiger partial charge in [-0.25, -0.2) is 0 Å². The topological polar surface area (TPSA) is 0 Å². The zero-order valence-corrected chi connectivity index (χ0v) is 15.5.